The van der Waals surface area contributed by atoms with Crippen LogP contribution in [0.1, 0.15) is 71.9 Å². The van der Waals surface area contributed by atoms with Gasteiger partial charge in [0.1, 0.15) is 5.76 Å². The van der Waals surface area contributed by atoms with Crippen molar-refractivity contribution in [2.24, 2.45) is 5.92 Å². The summed E-state index contributed by atoms with van der Waals surface area (Å²) in [6, 6.07) is 3.71. The van der Waals surface area contributed by atoms with Crippen molar-refractivity contribution in [3.63, 3.8) is 0 Å². The van der Waals surface area contributed by atoms with Crippen LogP contribution in [0.25, 0.3) is 0 Å². The molecule has 0 aliphatic carbocycles. The number of sulfonamides is 1. The zero-order chi connectivity index (χ0) is 28.8. The van der Waals surface area contributed by atoms with E-state index in [9.17, 15) is 26.4 Å². The molecule has 1 N–H and O–H groups in total. The van der Waals surface area contributed by atoms with Crippen LogP contribution < -0.4 is 5.32 Å². The van der Waals surface area contributed by atoms with Crippen molar-refractivity contribution in [2.45, 2.75) is 75.3 Å². The fourth-order valence-electron chi connectivity index (χ4n) is 6.56. The Morgan fingerprint density at radius 1 is 1.07 bits per heavy atom. The number of alkyl halides is 3. The number of halogens is 3. The van der Waals surface area contributed by atoms with Crippen LogP contribution >= 0.6 is 0 Å². The average Bonchev–Trinajstić information content (AvgIpc) is 3.47. The summed E-state index contributed by atoms with van der Waals surface area (Å²) >= 11 is 0. The first kappa shape index (κ1) is 28.6. The van der Waals surface area contributed by atoms with Gasteiger partial charge < -0.3 is 14.6 Å². The van der Waals surface area contributed by atoms with Gasteiger partial charge in [-0.2, -0.15) is 17.5 Å². The second kappa shape index (κ2) is 11.3. The van der Waals surface area contributed by atoms with Gasteiger partial charge in [-0.1, -0.05) is 5.16 Å². The number of carbonyl (C=O) groups is 1. The monoisotopic (exact) mass is 597 g/mol. The molecule has 10 nitrogen and oxygen atoms in total. The largest absolute Gasteiger partial charge is 0.417 e. The summed E-state index contributed by atoms with van der Waals surface area (Å²) in [6.45, 7) is 2.89. The normalized spacial score (nSPS) is 26.7. The molecule has 41 heavy (non-hydrogen) atoms. The zero-order valence-electron chi connectivity index (χ0n) is 22.6. The molecular formula is C27H34F3N5O5S. The first-order valence-corrected chi connectivity index (χ1v) is 15.8. The third-order valence-corrected chi connectivity index (χ3v) is 10.9. The van der Waals surface area contributed by atoms with Crippen molar-refractivity contribution in [2.75, 3.05) is 32.1 Å². The number of aromatic nitrogens is 2. The molecule has 2 unspecified atom stereocenters. The molecule has 4 saturated heterocycles. The van der Waals surface area contributed by atoms with E-state index in [-0.39, 0.29) is 47.3 Å². The van der Waals surface area contributed by atoms with Crippen molar-refractivity contribution in [1.82, 2.24) is 24.7 Å². The molecule has 14 heteroatoms. The number of nitrogens with one attached hydrogen (secondary N) is 1. The van der Waals surface area contributed by atoms with Gasteiger partial charge in [0.2, 0.25) is 10.0 Å². The molecule has 4 aliphatic rings. The lowest BCUT2D eigenvalue weighted by Crippen LogP contribution is -2.53. The van der Waals surface area contributed by atoms with E-state index < -0.39 is 21.8 Å². The minimum absolute atomic E-state index is 0.0241. The van der Waals surface area contributed by atoms with Gasteiger partial charge >= 0.3 is 6.18 Å². The predicted molar refractivity (Wildman–Crippen MR) is 140 cm³/mol. The van der Waals surface area contributed by atoms with Gasteiger partial charge in [0.15, 0.2) is 5.69 Å². The third kappa shape index (κ3) is 6.30. The molecule has 2 aromatic heterocycles. The summed E-state index contributed by atoms with van der Waals surface area (Å²) in [5.74, 6) is 0.590. The number of amides is 1. The van der Waals surface area contributed by atoms with E-state index in [0.717, 1.165) is 25.1 Å². The molecule has 6 rings (SSSR count). The van der Waals surface area contributed by atoms with Gasteiger partial charge in [-0.3, -0.25) is 14.7 Å². The first-order valence-electron chi connectivity index (χ1n) is 14.2. The smallest absolute Gasteiger partial charge is 0.380 e. The maximum atomic E-state index is 13.5. The quantitative estimate of drug-likeness (QED) is 0.493. The van der Waals surface area contributed by atoms with Gasteiger partial charge in [-0.05, 0) is 69.7 Å². The van der Waals surface area contributed by atoms with Gasteiger partial charge in [-0.15, -0.1) is 0 Å². The van der Waals surface area contributed by atoms with Crippen LogP contribution in [-0.2, 0) is 27.5 Å². The molecule has 0 saturated carbocycles. The Bertz CT molecular complexity index is 1330. The Hall–Kier alpha value is -2.55. The van der Waals surface area contributed by atoms with Crippen LogP contribution in [0.3, 0.4) is 0 Å². The summed E-state index contributed by atoms with van der Waals surface area (Å²) in [5.41, 5.74) is 0.0246. The van der Waals surface area contributed by atoms with Crippen molar-refractivity contribution >= 4 is 15.9 Å². The fraction of sp³-hybridized carbons (Fsp3) is 0.667. The van der Waals surface area contributed by atoms with E-state index in [1.165, 1.54) is 6.07 Å². The van der Waals surface area contributed by atoms with E-state index in [1.807, 2.05) is 0 Å². The highest BCUT2D eigenvalue weighted by Crippen LogP contribution is 2.39. The van der Waals surface area contributed by atoms with Crippen LogP contribution in [-0.4, -0.2) is 83.9 Å². The molecule has 0 radical (unpaired) electrons. The molecule has 224 valence electrons. The molecule has 4 fully saturated rings. The lowest BCUT2D eigenvalue weighted by molar-refractivity contribution is -0.137. The minimum Gasteiger partial charge on any atom is -0.380 e. The number of piperidine rings is 2. The Morgan fingerprint density at radius 3 is 2.37 bits per heavy atom. The van der Waals surface area contributed by atoms with Gasteiger partial charge in [-0.25, -0.2) is 8.42 Å². The molecule has 2 aromatic rings. The lowest BCUT2D eigenvalue weighted by Gasteiger charge is -2.39. The summed E-state index contributed by atoms with van der Waals surface area (Å²) < 4.78 is 77.6. The number of ether oxygens (including phenoxy) is 1. The van der Waals surface area contributed by atoms with E-state index in [1.54, 1.807) is 10.4 Å². The summed E-state index contributed by atoms with van der Waals surface area (Å²) in [7, 11) is -3.48. The Morgan fingerprint density at radius 2 is 1.78 bits per heavy atom. The maximum Gasteiger partial charge on any atom is 0.417 e. The van der Waals surface area contributed by atoms with Crippen LogP contribution in [0.15, 0.2) is 28.9 Å². The Kier molecular flexibility index (Phi) is 7.85. The predicted octanol–water partition coefficient (Wildman–Crippen LogP) is 3.17. The molecular weight excluding hydrogens is 563 g/mol. The summed E-state index contributed by atoms with van der Waals surface area (Å²) in [6.07, 6.45) is 0.555. The number of carbonyl (C=O) groups excluding carboxylic acids is 1. The lowest BCUT2D eigenvalue weighted by atomic mass is 9.99. The summed E-state index contributed by atoms with van der Waals surface area (Å²) in [4.78, 5) is 18.8. The van der Waals surface area contributed by atoms with Gasteiger partial charge in [0.05, 0.1) is 36.1 Å². The van der Waals surface area contributed by atoms with Crippen LogP contribution in [0.4, 0.5) is 13.2 Å². The highest BCUT2D eigenvalue weighted by Gasteiger charge is 2.47. The van der Waals surface area contributed by atoms with E-state index >= 15 is 0 Å². The Balaban J connectivity index is 0.983. The number of nitrogens with zero attached hydrogens (tertiary/aromatic N) is 4. The van der Waals surface area contributed by atoms with Crippen molar-refractivity contribution < 1.29 is 35.6 Å². The van der Waals surface area contributed by atoms with Crippen LogP contribution in [0.2, 0.25) is 0 Å². The first-order chi connectivity index (χ1) is 19.5. The zero-order valence-corrected chi connectivity index (χ0v) is 23.4. The molecule has 1 amide bonds. The number of likely N-dealkylation sites (tertiary alicyclic amines) is 1. The highest BCUT2D eigenvalue weighted by atomic mass is 32.2. The van der Waals surface area contributed by atoms with Crippen molar-refractivity contribution in [1.29, 1.82) is 0 Å². The second-order valence-corrected chi connectivity index (χ2v) is 13.7. The number of pyridine rings is 1. The maximum absolute atomic E-state index is 13.5. The van der Waals surface area contributed by atoms with Crippen LogP contribution in [0, 0.1) is 5.92 Å². The average molecular weight is 598 g/mol. The van der Waals surface area contributed by atoms with Crippen molar-refractivity contribution in [3.05, 3.63) is 47.1 Å². The van der Waals surface area contributed by atoms with Crippen LogP contribution in [0.5, 0.6) is 0 Å². The van der Waals surface area contributed by atoms with Crippen molar-refractivity contribution in [3.8, 4) is 0 Å². The number of fused-ring (bicyclic) bond motifs is 2. The molecule has 4 aliphatic heterocycles. The van der Waals surface area contributed by atoms with E-state index in [0.29, 0.717) is 70.0 Å². The summed E-state index contributed by atoms with van der Waals surface area (Å²) in [5, 5.41) is 6.93. The molecule has 6 heterocycles. The molecule has 2 atom stereocenters. The fourth-order valence-corrected chi connectivity index (χ4v) is 8.96. The number of hydrogen-bond donors (Lipinski definition) is 1. The third-order valence-electron chi connectivity index (χ3n) is 8.82. The second-order valence-electron chi connectivity index (χ2n) is 11.7. The molecule has 2 bridgehead atoms. The van der Waals surface area contributed by atoms with E-state index in [4.69, 9.17) is 9.26 Å². The standard InChI is InChI=1S/C27H34F3N5O5S/c28-27(29,30)19-1-2-20(31-12-19)13-34-7-5-17(6-8-34)16-41(37,38)35-22-3-4-23(35)10-21(9-22)32-26(36)24-11-25(40-33-24)18-14-39-15-18/h1-2,11-12,17-18,21-23H,3-10,13-16H2,(H,32,36). The Labute approximate surface area is 236 Å². The molecule has 0 aromatic carbocycles. The minimum atomic E-state index is -4.41. The SMILES string of the molecule is O=C(NC1CC2CCC(C1)N2S(=O)(=O)CC1CCN(Cc2ccc(C(F)(F)F)cn2)CC1)c1cc(C2COC2)on1. The van der Waals surface area contributed by atoms with Gasteiger partial charge in [0, 0.05) is 36.9 Å². The van der Waals surface area contributed by atoms with E-state index in [2.05, 4.69) is 20.4 Å². The molecule has 0 spiro atoms. The highest BCUT2D eigenvalue weighted by molar-refractivity contribution is 7.89. The number of rotatable bonds is 8. The van der Waals surface area contributed by atoms with Gasteiger partial charge in [0.25, 0.3) is 5.91 Å². The topological polar surface area (TPSA) is 118 Å². The number of hydrogen-bond acceptors (Lipinski definition) is 8.